The molecular weight excluding hydrogens is 358 g/mol. The Hall–Kier alpha value is -0.883. The fourth-order valence-corrected chi connectivity index (χ4v) is 5.63. The van der Waals surface area contributed by atoms with Gasteiger partial charge in [-0.1, -0.05) is 34.6 Å². The molecule has 1 amide bonds. The van der Waals surface area contributed by atoms with Gasteiger partial charge in [-0.05, 0) is 57.7 Å². The van der Waals surface area contributed by atoms with E-state index < -0.39 is 20.0 Å². The fourth-order valence-electron chi connectivity index (χ4n) is 4.20. The third kappa shape index (κ3) is 4.11. The maximum absolute atomic E-state index is 13.0. The molecule has 2 aliphatic heterocycles. The second kappa shape index (κ2) is 6.58. The van der Waals surface area contributed by atoms with Crippen LogP contribution in [-0.2, 0) is 18.8 Å². The summed E-state index contributed by atoms with van der Waals surface area (Å²) < 4.78 is 12.1. The van der Waals surface area contributed by atoms with Crippen LogP contribution in [0.1, 0.15) is 68.7 Å². The molecule has 2 fully saturated rings. The zero-order chi connectivity index (χ0) is 21.2. The molecule has 0 bridgehead atoms. The first-order valence-corrected chi connectivity index (χ1v) is 13.0. The van der Waals surface area contributed by atoms with E-state index in [1.807, 2.05) is 27.7 Å². The van der Waals surface area contributed by atoms with Gasteiger partial charge in [-0.2, -0.15) is 0 Å². The largest absolute Gasteiger partial charge is 0.458 e. The Morgan fingerprint density at radius 3 is 2.15 bits per heavy atom. The first-order valence-electron chi connectivity index (χ1n) is 10.1. The van der Waals surface area contributed by atoms with Crippen LogP contribution in [0.15, 0.2) is 0 Å². The Kier molecular flexibility index (Phi) is 5.46. The fraction of sp³-hybridized carbons (Fsp3) is 0.905. The minimum absolute atomic E-state index is 0.0299. The lowest BCUT2D eigenvalue weighted by Gasteiger charge is -2.52. The van der Waals surface area contributed by atoms with E-state index in [4.69, 9.17) is 9.16 Å². The van der Waals surface area contributed by atoms with Crippen molar-refractivity contribution in [1.29, 1.82) is 0 Å². The first kappa shape index (κ1) is 22.4. The average molecular weight is 398 g/mol. The molecular formula is C21H39NO4Si. The molecule has 0 aliphatic carbocycles. The quantitative estimate of drug-likeness (QED) is 0.402. The Labute approximate surface area is 166 Å². The lowest BCUT2D eigenvalue weighted by Crippen LogP contribution is -2.68. The van der Waals surface area contributed by atoms with E-state index in [1.54, 1.807) is 4.90 Å². The summed E-state index contributed by atoms with van der Waals surface area (Å²) in [5.41, 5.74) is -0.684. The minimum Gasteiger partial charge on any atom is -0.458 e. The molecule has 2 heterocycles. The van der Waals surface area contributed by atoms with Gasteiger partial charge in [0.15, 0.2) is 8.32 Å². The first-order chi connectivity index (χ1) is 11.9. The van der Waals surface area contributed by atoms with E-state index in [-0.39, 0.29) is 40.4 Å². The standard InChI is InChI=1S/C21H39NO4Si/c1-13(26-27(10,11)20(5,6)7)15-16-21(8,9)12-14(22(16)17(15)23)18(24)25-19(2,3)4/h13-16H,12H2,1-11H3/t13?,14?,15-,16+/m1/s1. The zero-order valence-electron chi connectivity index (χ0n) is 19.1. The van der Waals surface area contributed by atoms with Gasteiger partial charge in [-0.15, -0.1) is 0 Å². The zero-order valence-corrected chi connectivity index (χ0v) is 20.1. The molecule has 4 atom stereocenters. The SMILES string of the molecule is CC(O[Si](C)(C)C(C)(C)C)[C@H]1C(=O)N2C(C(=O)OC(C)(C)C)CC(C)(C)[C@H]12. The smallest absolute Gasteiger partial charge is 0.329 e. The minimum atomic E-state index is -1.97. The van der Waals surface area contributed by atoms with Crippen molar-refractivity contribution >= 4 is 20.2 Å². The highest BCUT2D eigenvalue weighted by Crippen LogP contribution is 2.53. The van der Waals surface area contributed by atoms with Crippen LogP contribution in [0, 0.1) is 11.3 Å². The van der Waals surface area contributed by atoms with Gasteiger partial charge in [0.1, 0.15) is 11.6 Å². The van der Waals surface area contributed by atoms with Gasteiger partial charge in [0, 0.05) is 0 Å². The van der Waals surface area contributed by atoms with Gasteiger partial charge in [-0.3, -0.25) is 4.79 Å². The monoisotopic (exact) mass is 397 g/mol. The summed E-state index contributed by atoms with van der Waals surface area (Å²) in [5, 5.41) is 0.0952. The number of carbonyl (C=O) groups excluding carboxylic acids is 2. The number of rotatable bonds is 4. The molecule has 2 aliphatic rings. The molecule has 0 aromatic rings. The van der Waals surface area contributed by atoms with E-state index in [2.05, 4.69) is 47.7 Å². The summed E-state index contributed by atoms with van der Waals surface area (Å²) in [6.07, 6.45) is 0.498. The Bertz CT molecular complexity index is 615. The Morgan fingerprint density at radius 2 is 1.70 bits per heavy atom. The summed E-state index contributed by atoms with van der Waals surface area (Å²) >= 11 is 0. The summed E-state index contributed by atoms with van der Waals surface area (Å²) in [6, 6.07) is -0.449. The van der Waals surface area contributed by atoms with E-state index in [0.29, 0.717) is 6.42 Å². The number of amides is 1. The Balaban J connectivity index is 2.19. The lowest BCUT2D eigenvalue weighted by molar-refractivity contribution is -0.178. The normalized spacial score (nSPS) is 29.2. The topological polar surface area (TPSA) is 55.8 Å². The van der Waals surface area contributed by atoms with Crippen LogP contribution in [-0.4, -0.2) is 48.9 Å². The van der Waals surface area contributed by atoms with Crippen molar-refractivity contribution in [3.63, 3.8) is 0 Å². The molecule has 27 heavy (non-hydrogen) atoms. The van der Waals surface area contributed by atoms with Crippen LogP contribution >= 0.6 is 0 Å². The van der Waals surface area contributed by atoms with Crippen LogP contribution in [0.25, 0.3) is 0 Å². The predicted molar refractivity (Wildman–Crippen MR) is 110 cm³/mol. The molecule has 2 rings (SSSR count). The van der Waals surface area contributed by atoms with Crippen molar-refractivity contribution in [3.05, 3.63) is 0 Å². The molecule has 5 nitrogen and oxygen atoms in total. The number of β-lactam (4-membered cyclic amide) rings is 1. The summed E-state index contributed by atoms with van der Waals surface area (Å²) in [6.45, 7) is 22.9. The molecule has 0 radical (unpaired) electrons. The molecule has 2 unspecified atom stereocenters. The van der Waals surface area contributed by atoms with E-state index in [0.717, 1.165) is 0 Å². The van der Waals surface area contributed by atoms with Crippen molar-refractivity contribution in [3.8, 4) is 0 Å². The highest BCUT2D eigenvalue weighted by Gasteiger charge is 2.65. The number of hydrogen-bond acceptors (Lipinski definition) is 4. The van der Waals surface area contributed by atoms with Crippen LogP contribution in [0.4, 0.5) is 0 Å². The highest BCUT2D eigenvalue weighted by atomic mass is 28.4. The molecule has 0 saturated carbocycles. The van der Waals surface area contributed by atoms with Gasteiger partial charge in [0.2, 0.25) is 5.91 Å². The number of nitrogens with zero attached hydrogens (tertiary/aromatic N) is 1. The van der Waals surface area contributed by atoms with Crippen molar-refractivity contribution < 1.29 is 18.8 Å². The number of fused-ring (bicyclic) bond motifs is 1. The Morgan fingerprint density at radius 1 is 1.19 bits per heavy atom. The summed E-state index contributed by atoms with van der Waals surface area (Å²) in [7, 11) is -1.97. The maximum atomic E-state index is 13.0. The molecule has 0 aromatic carbocycles. The van der Waals surface area contributed by atoms with Gasteiger partial charge in [-0.25, -0.2) is 4.79 Å². The molecule has 0 spiro atoms. The number of hydrogen-bond donors (Lipinski definition) is 0. The van der Waals surface area contributed by atoms with Gasteiger partial charge in [0.05, 0.1) is 18.1 Å². The van der Waals surface area contributed by atoms with Crippen molar-refractivity contribution in [2.45, 2.75) is 111 Å². The van der Waals surface area contributed by atoms with Gasteiger partial charge < -0.3 is 14.1 Å². The van der Waals surface area contributed by atoms with E-state index in [9.17, 15) is 9.59 Å². The maximum Gasteiger partial charge on any atom is 0.329 e. The van der Waals surface area contributed by atoms with Crippen molar-refractivity contribution in [2.75, 3.05) is 0 Å². The summed E-state index contributed by atoms with van der Waals surface area (Å²) in [4.78, 5) is 27.5. The van der Waals surface area contributed by atoms with E-state index in [1.165, 1.54) is 0 Å². The average Bonchev–Trinajstić information content (AvgIpc) is 2.63. The highest BCUT2D eigenvalue weighted by molar-refractivity contribution is 6.74. The second-order valence-electron chi connectivity index (χ2n) is 11.5. The molecule has 0 aromatic heterocycles. The summed E-state index contributed by atoms with van der Waals surface area (Å²) in [5.74, 6) is -0.433. The molecule has 2 saturated heterocycles. The van der Waals surface area contributed by atoms with Crippen molar-refractivity contribution in [1.82, 2.24) is 4.90 Å². The third-order valence-electron chi connectivity index (χ3n) is 6.51. The van der Waals surface area contributed by atoms with Gasteiger partial charge in [0.25, 0.3) is 0 Å². The third-order valence-corrected chi connectivity index (χ3v) is 11.1. The lowest BCUT2D eigenvalue weighted by atomic mass is 9.71. The predicted octanol–water partition coefficient (Wildman–Crippen LogP) is 4.36. The van der Waals surface area contributed by atoms with E-state index >= 15 is 0 Å². The number of carbonyl (C=O) groups is 2. The van der Waals surface area contributed by atoms with Gasteiger partial charge >= 0.3 is 5.97 Å². The second-order valence-corrected chi connectivity index (χ2v) is 16.3. The molecule has 156 valence electrons. The van der Waals surface area contributed by atoms with Crippen LogP contribution in [0.2, 0.25) is 18.1 Å². The molecule has 6 heteroatoms. The van der Waals surface area contributed by atoms with Crippen molar-refractivity contribution in [2.24, 2.45) is 11.3 Å². The van der Waals surface area contributed by atoms with Crippen LogP contribution in [0.5, 0.6) is 0 Å². The number of ether oxygens (including phenoxy) is 1. The number of esters is 1. The van der Waals surface area contributed by atoms with Crippen LogP contribution in [0.3, 0.4) is 0 Å². The molecule has 0 N–H and O–H groups in total. The van der Waals surface area contributed by atoms with Crippen LogP contribution < -0.4 is 0 Å².